The van der Waals surface area contributed by atoms with Crippen molar-refractivity contribution in [3.05, 3.63) is 24.3 Å². The Bertz CT molecular complexity index is 369. The summed E-state index contributed by atoms with van der Waals surface area (Å²) >= 11 is 0. The zero-order valence-electron chi connectivity index (χ0n) is 8.86. The van der Waals surface area contributed by atoms with Gasteiger partial charge in [0, 0.05) is 0 Å². The number of allylic oxidation sites excluding steroid dienone is 2. The van der Waals surface area contributed by atoms with Crippen LogP contribution in [-0.4, -0.2) is 30.0 Å². The predicted molar refractivity (Wildman–Crippen MR) is 57.7 cm³/mol. The van der Waals surface area contributed by atoms with Gasteiger partial charge in [0.2, 0.25) is 0 Å². The standard InChI is InChI=1S/C11H14N2O2/c1-8(2)15-10(14)11-6-4-3-5-9(11)12-7-13-11/h3-6,8,13H,7H2,1-2H3. The first-order valence-corrected chi connectivity index (χ1v) is 5.02. The van der Waals surface area contributed by atoms with Crippen LogP contribution in [0.5, 0.6) is 0 Å². The van der Waals surface area contributed by atoms with Crippen molar-refractivity contribution >= 4 is 11.7 Å². The van der Waals surface area contributed by atoms with E-state index in [4.69, 9.17) is 4.74 Å². The van der Waals surface area contributed by atoms with Crippen LogP contribution in [0.3, 0.4) is 0 Å². The number of aliphatic imine (C=N–C) groups is 1. The lowest BCUT2D eigenvalue weighted by Gasteiger charge is -2.26. The number of nitrogens with one attached hydrogen (secondary N) is 1. The van der Waals surface area contributed by atoms with Gasteiger partial charge in [0.15, 0.2) is 5.54 Å². The van der Waals surface area contributed by atoms with Gasteiger partial charge in [-0.05, 0) is 26.0 Å². The van der Waals surface area contributed by atoms with Gasteiger partial charge in [-0.2, -0.15) is 0 Å². The molecule has 2 aliphatic rings. The normalized spacial score (nSPS) is 27.8. The molecule has 0 fully saturated rings. The lowest BCUT2D eigenvalue weighted by molar-refractivity contribution is -0.150. The lowest BCUT2D eigenvalue weighted by Crippen LogP contribution is -2.54. The fourth-order valence-corrected chi connectivity index (χ4v) is 1.69. The van der Waals surface area contributed by atoms with Crippen LogP contribution in [-0.2, 0) is 9.53 Å². The number of esters is 1. The second-order valence-corrected chi connectivity index (χ2v) is 3.86. The highest BCUT2D eigenvalue weighted by Crippen LogP contribution is 2.22. The van der Waals surface area contributed by atoms with E-state index >= 15 is 0 Å². The first kappa shape index (κ1) is 10.1. The molecule has 4 heteroatoms. The van der Waals surface area contributed by atoms with E-state index in [1.807, 2.05) is 32.1 Å². The summed E-state index contributed by atoms with van der Waals surface area (Å²) in [4.78, 5) is 16.2. The molecule has 1 aliphatic heterocycles. The minimum atomic E-state index is -0.848. The molecule has 0 saturated heterocycles. The number of ether oxygens (including phenoxy) is 1. The summed E-state index contributed by atoms with van der Waals surface area (Å²) in [6, 6.07) is 0. The van der Waals surface area contributed by atoms with Crippen molar-refractivity contribution < 1.29 is 9.53 Å². The van der Waals surface area contributed by atoms with Crippen LogP contribution >= 0.6 is 0 Å². The zero-order valence-corrected chi connectivity index (χ0v) is 8.86. The Morgan fingerprint density at radius 2 is 2.40 bits per heavy atom. The van der Waals surface area contributed by atoms with Crippen LogP contribution < -0.4 is 5.32 Å². The number of rotatable bonds is 2. The first-order valence-electron chi connectivity index (χ1n) is 5.02. The van der Waals surface area contributed by atoms with Gasteiger partial charge < -0.3 is 4.74 Å². The van der Waals surface area contributed by atoms with Crippen molar-refractivity contribution in [1.29, 1.82) is 0 Å². The molecule has 1 unspecified atom stereocenters. The maximum atomic E-state index is 12.0. The molecule has 0 aromatic heterocycles. The van der Waals surface area contributed by atoms with Gasteiger partial charge in [-0.15, -0.1) is 0 Å². The molecule has 0 aromatic carbocycles. The first-order chi connectivity index (χ1) is 7.15. The van der Waals surface area contributed by atoms with Crippen LogP contribution in [0, 0.1) is 0 Å². The second-order valence-electron chi connectivity index (χ2n) is 3.86. The molecule has 80 valence electrons. The van der Waals surface area contributed by atoms with Crippen LogP contribution in [0.15, 0.2) is 29.3 Å². The fraction of sp³-hybridized carbons (Fsp3) is 0.455. The van der Waals surface area contributed by atoms with Crippen LogP contribution in [0.1, 0.15) is 13.8 Å². The third-order valence-corrected chi connectivity index (χ3v) is 2.39. The Morgan fingerprint density at radius 1 is 1.60 bits per heavy atom. The van der Waals surface area contributed by atoms with Crippen molar-refractivity contribution in [3.63, 3.8) is 0 Å². The van der Waals surface area contributed by atoms with Crippen molar-refractivity contribution in [2.75, 3.05) is 6.67 Å². The van der Waals surface area contributed by atoms with Gasteiger partial charge in [0.1, 0.15) is 0 Å². The molecule has 1 N–H and O–H groups in total. The molecular formula is C11H14N2O2. The predicted octanol–water partition coefficient (Wildman–Crippen LogP) is 0.804. The Hall–Kier alpha value is -1.42. The van der Waals surface area contributed by atoms with Crippen LogP contribution in [0.2, 0.25) is 0 Å². The Labute approximate surface area is 88.7 Å². The Morgan fingerprint density at radius 3 is 3.13 bits per heavy atom. The maximum absolute atomic E-state index is 12.0. The van der Waals surface area contributed by atoms with Gasteiger partial charge in [-0.3, -0.25) is 10.3 Å². The molecule has 0 amide bonds. The summed E-state index contributed by atoms with van der Waals surface area (Å²) in [5.74, 6) is -0.283. The summed E-state index contributed by atoms with van der Waals surface area (Å²) < 4.78 is 5.23. The third-order valence-electron chi connectivity index (χ3n) is 2.39. The highest BCUT2D eigenvalue weighted by molar-refractivity contribution is 6.20. The molecule has 0 spiro atoms. The molecule has 0 radical (unpaired) electrons. The lowest BCUT2D eigenvalue weighted by atomic mass is 9.90. The number of hydrogen-bond donors (Lipinski definition) is 1. The van der Waals surface area contributed by atoms with E-state index < -0.39 is 5.54 Å². The third kappa shape index (κ3) is 1.61. The maximum Gasteiger partial charge on any atom is 0.337 e. The van der Waals surface area contributed by atoms with Gasteiger partial charge in [0.25, 0.3) is 0 Å². The number of carbonyl (C=O) groups excluding carboxylic acids is 1. The molecule has 1 heterocycles. The van der Waals surface area contributed by atoms with Crippen LogP contribution in [0.4, 0.5) is 0 Å². The molecular weight excluding hydrogens is 192 g/mol. The Balaban J connectivity index is 2.26. The smallest absolute Gasteiger partial charge is 0.337 e. The van der Waals surface area contributed by atoms with Gasteiger partial charge in [-0.25, -0.2) is 4.79 Å². The van der Waals surface area contributed by atoms with Crippen LogP contribution in [0.25, 0.3) is 0 Å². The molecule has 0 bridgehead atoms. The van der Waals surface area contributed by atoms with Gasteiger partial charge in [-0.1, -0.05) is 12.2 Å². The number of hydrogen-bond acceptors (Lipinski definition) is 4. The summed E-state index contributed by atoms with van der Waals surface area (Å²) in [5, 5.41) is 3.06. The van der Waals surface area contributed by atoms with E-state index in [1.54, 1.807) is 6.08 Å². The summed E-state index contributed by atoms with van der Waals surface area (Å²) in [6.07, 6.45) is 7.21. The van der Waals surface area contributed by atoms with Gasteiger partial charge >= 0.3 is 5.97 Å². The number of carbonyl (C=O) groups is 1. The molecule has 1 atom stereocenters. The Kier molecular flexibility index (Phi) is 2.44. The number of nitrogens with zero attached hydrogens (tertiary/aromatic N) is 1. The minimum absolute atomic E-state index is 0.116. The van der Waals surface area contributed by atoms with E-state index in [9.17, 15) is 4.79 Å². The van der Waals surface area contributed by atoms with Crippen molar-refractivity contribution in [3.8, 4) is 0 Å². The zero-order chi connectivity index (χ0) is 10.9. The fourth-order valence-electron chi connectivity index (χ4n) is 1.69. The highest BCUT2D eigenvalue weighted by atomic mass is 16.5. The van der Waals surface area contributed by atoms with Gasteiger partial charge in [0.05, 0.1) is 18.5 Å². The highest BCUT2D eigenvalue weighted by Gasteiger charge is 2.45. The van der Waals surface area contributed by atoms with Crippen molar-refractivity contribution in [2.45, 2.75) is 25.5 Å². The monoisotopic (exact) mass is 206 g/mol. The molecule has 2 rings (SSSR count). The van der Waals surface area contributed by atoms with E-state index in [0.717, 1.165) is 5.71 Å². The summed E-state index contributed by atoms with van der Waals surface area (Å²) in [7, 11) is 0. The topological polar surface area (TPSA) is 50.7 Å². The molecule has 0 saturated carbocycles. The quantitative estimate of drug-likeness (QED) is 0.680. The molecule has 15 heavy (non-hydrogen) atoms. The second kappa shape index (κ2) is 3.62. The van der Waals surface area contributed by atoms with E-state index in [-0.39, 0.29) is 12.1 Å². The minimum Gasteiger partial charge on any atom is -0.461 e. The molecule has 1 aliphatic carbocycles. The molecule has 4 nitrogen and oxygen atoms in total. The van der Waals surface area contributed by atoms with E-state index in [1.165, 1.54) is 0 Å². The summed E-state index contributed by atoms with van der Waals surface area (Å²) in [5.41, 5.74) is -0.116. The SMILES string of the molecule is CC(C)OC(=O)C12C=CC=CC1=NCN2. The van der Waals surface area contributed by atoms with Crippen molar-refractivity contribution in [1.82, 2.24) is 5.32 Å². The average molecular weight is 206 g/mol. The van der Waals surface area contributed by atoms with E-state index in [2.05, 4.69) is 10.3 Å². The van der Waals surface area contributed by atoms with Crippen molar-refractivity contribution in [2.24, 2.45) is 4.99 Å². The number of fused-ring (bicyclic) bond motifs is 1. The average Bonchev–Trinajstić information content (AvgIpc) is 2.61. The molecule has 0 aromatic rings. The summed E-state index contributed by atoms with van der Waals surface area (Å²) in [6.45, 7) is 4.13. The van der Waals surface area contributed by atoms with E-state index in [0.29, 0.717) is 6.67 Å². The largest absolute Gasteiger partial charge is 0.461 e.